The Morgan fingerprint density at radius 2 is 1.80 bits per heavy atom. The highest BCUT2D eigenvalue weighted by Gasteiger charge is 2.34. The number of nitrogens with one attached hydrogen (secondary N) is 1. The first kappa shape index (κ1) is 19.3. The summed E-state index contributed by atoms with van der Waals surface area (Å²) in [5.41, 5.74) is 6.32. The van der Waals surface area contributed by atoms with E-state index in [4.69, 9.17) is 15.2 Å². The molecule has 3 aromatic rings. The van der Waals surface area contributed by atoms with Crippen LogP contribution in [0.15, 0.2) is 66.7 Å². The smallest absolute Gasteiger partial charge is 0.266 e. The fraction of sp³-hybridized carbons (Fsp3) is 0.136. The lowest BCUT2D eigenvalue weighted by molar-refractivity contribution is -0.125. The Balaban J connectivity index is 1.46. The molecule has 2 aromatic carbocycles. The number of aromatic nitrogens is 1. The fourth-order valence-corrected chi connectivity index (χ4v) is 3.06. The molecule has 1 aliphatic heterocycles. The Hall–Kier alpha value is -4.07. The van der Waals surface area contributed by atoms with Gasteiger partial charge >= 0.3 is 0 Å². The number of carbonyl (C=O) groups is 2. The van der Waals surface area contributed by atoms with Crippen LogP contribution in [0.1, 0.15) is 6.92 Å². The Morgan fingerprint density at radius 3 is 2.53 bits per heavy atom. The molecule has 3 N–H and O–H groups in total. The van der Waals surface area contributed by atoms with E-state index in [1.807, 2.05) is 30.3 Å². The van der Waals surface area contributed by atoms with Gasteiger partial charge in [-0.05, 0) is 55.5 Å². The molecule has 1 aliphatic rings. The van der Waals surface area contributed by atoms with Crippen LogP contribution in [0.25, 0.3) is 0 Å². The number of fused-ring (bicyclic) bond motifs is 1. The van der Waals surface area contributed by atoms with Crippen LogP contribution in [0.5, 0.6) is 17.2 Å². The molecule has 1 aromatic heterocycles. The number of nitrogens with two attached hydrogens (primary N) is 1. The third kappa shape index (κ3) is 4.02. The van der Waals surface area contributed by atoms with Crippen molar-refractivity contribution in [2.24, 2.45) is 0 Å². The number of pyridine rings is 1. The summed E-state index contributed by atoms with van der Waals surface area (Å²) < 4.78 is 11.1. The van der Waals surface area contributed by atoms with E-state index in [0.717, 1.165) is 5.75 Å². The van der Waals surface area contributed by atoms with E-state index in [9.17, 15) is 9.59 Å². The molecule has 30 heavy (non-hydrogen) atoms. The molecule has 8 nitrogen and oxygen atoms in total. The zero-order chi connectivity index (χ0) is 21.1. The molecule has 0 radical (unpaired) electrons. The van der Waals surface area contributed by atoms with Crippen molar-refractivity contribution >= 4 is 29.1 Å². The van der Waals surface area contributed by atoms with E-state index in [2.05, 4.69) is 10.3 Å². The lowest BCUT2D eigenvalue weighted by Crippen LogP contribution is -2.50. The van der Waals surface area contributed by atoms with Gasteiger partial charge in [0.1, 0.15) is 23.4 Å². The van der Waals surface area contributed by atoms with Gasteiger partial charge in [-0.1, -0.05) is 18.2 Å². The average molecular weight is 404 g/mol. The van der Waals surface area contributed by atoms with Gasteiger partial charge in [-0.2, -0.15) is 0 Å². The van der Waals surface area contributed by atoms with Crippen molar-refractivity contribution in [2.75, 3.05) is 22.6 Å². The highest BCUT2D eigenvalue weighted by Crippen LogP contribution is 2.32. The van der Waals surface area contributed by atoms with E-state index in [0.29, 0.717) is 17.2 Å². The van der Waals surface area contributed by atoms with E-state index < -0.39 is 6.04 Å². The predicted octanol–water partition coefficient (Wildman–Crippen LogP) is 3.21. The predicted molar refractivity (Wildman–Crippen MR) is 113 cm³/mol. The van der Waals surface area contributed by atoms with Crippen LogP contribution < -0.4 is 25.4 Å². The average Bonchev–Trinajstić information content (AvgIpc) is 2.75. The Labute approximate surface area is 173 Å². The number of amides is 2. The molecule has 0 saturated carbocycles. The summed E-state index contributed by atoms with van der Waals surface area (Å²) in [6.45, 7) is 1.46. The molecular weight excluding hydrogens is 384 g/mol. The van der Waals surface area contributed by atoms with Gasteiger partial charge in [-0.25, -0.2) is 4.98 Å². The number of benzene rings is 2. The van der Waals surface area contributed by atoms with Crippen LogP contribution in [0, 0.1) is 0 Å². The van der Waals surface area contributed by atoms with Crippen molar-refractivity contribution in [3.05, 3.63) is 66.7 Å². The van der Waals surface area contributed by atoms with Crippen molar-refractivity contribution in [3.8, 4) is 17.2 Å². The van der Waals surface area contributed by atoms with Crippen LogP contribution in [-0.2, 0) is 9.59 Å². The largest absolute Gasteiger partial charge is 0.480 e. The third-order valence-corrected chi connectivity index (χ3v) is 4.58. The zero-order valence-corrected chi connectivity index (χ0v) is 16.2. The van der Waals surface area contributed by atoms with Crippen LogP contribution in [-0.4, -0.2) is 29.4 Å². The summed E-state index contributed by atoms with van der Waals surface area (Å²) in [6.07, 6.45) is 0. The Morgan fingerprint density at radius 1 is 1.10 bits per heavy atom. The van der Waals surface area contributed by atoms with Crippen molar-refractivity contribution in [2.45, 2.75) is 13.0 Å². The van der Waals surface area contributed by atoms with E-state index in [1.165, 1.54) is 4.90 Å². The molecule has 152 valence electrons. The van der Waals surface area contributed by atoms with Gasteiger partial charge < -0.3 is 20.5 Å². The van der Waals surface area contributed by atoms with Gasteiger partial charge in [0.15, 0.2) is 18.2 Å². The minimum absolute atomic E-state index is 0.165. The van der Waals surface area contributed by atoms with Crippen LogP contribution in [0.2, 0.25) is 0 Å². The number of rotatable bonds is 5. The quantitative estimate of drug-likeness (QED) is 0.676. The van der Waals surface area contributed by atoms with Gasteiger partial charge in [0.2, 0.25) is 5.91 Å². The molecule has 2 heterocycles. The fourth-order valence-electron chi connectivity index (χ4n) is 3.06. The van der Waals surface area contributed by atoms with E-state index >= 15 is 0 Å². The van der Waals surface area contributed by atoms with Crippen molar-refractivity contribution in [1.29, 1.82) is 0 Å². The number of anilines is 3. The molecule has 8 heteroatoms. The highest BCUT2D eigenvalue weighted by atomic mass is 16.5. The van der Waals surface area contributed by atoms with Gasteiger partial charge in [-0.15, -0.1) is 0 Å². The molecule has 1 atom stereocenters. The second-order valence-electron chi connectivity index (χ2n) is 6.71. The Kier molecular flexibility index (Phi) is 5.21. The molecule has 0 aliphatic carbocycles. The number of nitrogens with zero attached hydrogens (tertiary/aromatic N) is 2. The number of ether oxygens (including phenoxy) is 2. The number of hydrogen-bond donors (Lipinski definition) is 2. The summed E-state index contributed by atoms with van der Waals surface area (Å²) >= 11 is 0. The second-order valence-corrected chi connectivity index (χ2v) is 6.71. The number of para-hydroxylation sites is 1. The maximum absolute atomic E-state index is 12.8. The standard InChI is InChI=1S/C22H20N4O4/c1-14(26-20(27)13-29-18-11-12-19(23)25-21(18)26)22(28)24-15-7-9-17(10-8-15)30-16-5-3-2-4-6-16/h2-12,14H,13H2,1H3,(H2,23,25)(H,24,28). The maximum atomic E-state index is 12.8. The minimum atomic E-state index is -0.810. The minimum Gasteiger partial charge on any atom is -0.480 e. The second kappa shape index (κ2) is 8.12. The lowest BCUT2D eigenvalue weighted by Gasteiger charge is -2.32. The highest BCUT2D eigenvalue weighted by molar-refractivity contribution is 6.06. The van der Waals surface area contributed by atoms with Gasteiger partial charge in [-0.3, -0.25) is 14.5 Å². The summed E-state index contributed by atoms with van der Waals surface area (Å²) in [5, 5.41) is 2.81. The van der Waals surface area contributed by atoms with Crippen molar-refractivity contribution in [3.63, 3.8) is 0 Å². The summed E-state index contributed by atoms with van der Waals surface area (Å²) in [5.74, 6) is 1.51. The van der Waals surface area contributed by atoms with Crippen LogP contribution in [0.4, 0.5) is 17.3 Å². The maximum Gasteiger partial charge on any atom is 0.266 e. The first-order valence-corrected chi connectivity index (χ1v) is 9.36. The third-order valence-electron chi connectivity index (χ3n) is 4.58. The first-order chi connectivity index (χ1) is 14.5. The van der Waals surface area contributed by atoms with Gasteiger partial charge in [0, 0.05) is 5.69 Å². The Bertz CT molecular complexity index is 1070. The molecule has 0 fully saturated rings. The molecule has 1 unspecified atom stereocenters. The van der Waals surface area contributed by atoms with Gasteiger partial charge in [0.25, 0.3) is 5.91 Å². The summed E-state index contributed by atoms with van der Waals surface area (Å²) in [7, 11) is 0. The zero-order valence-electron chi connectivity index (χ0n) is 16.2. The molecule has 0 bridgehead atoms. The van der Waals surface area contributed by atoms with E-state index in [1.54, 1.807) is 43.3 Å². The SMILES string of the molecule is CC(C(=O)Nc1ccc(Oc2ccccc2)cc1)N1C(=O)COc2ccc(N)nc21. The number of carbonyl (C=O) groups excluding carboxylic acids is 2. The topological polar surface area (TPSA) is 107 Å². The molecule has 0 saturated heterocycles. The lowest BCUT2D eigenvalue weighted by atomic mass is 10.2. The monoisotopic (exact) mass is 404 g/mol. The molecule has 2 amide bonds. The van der Waals surface area contributed by atoms with Crippen LogP contribution in [0.3, 0.4) is 0 Å². The normalized spacial score (nSPS) is 13.8. The van der Waals surface area contributed by atoms with Crippen LogP contribution >= 0.6 is 0 Å². The van der Waals surface area contributed by atoms with E-state index in [-0.39, 0.29) is 30.1 Å². The van der Waals surface area contributed by atoms with Gasteiger partial charge in [0.05, 0.1) is 0 Å². The van der Waals surface area contributed by atoms with Crippen molar-refractivity contribution < 1.29 is 19.1 Å². The summed E-state index contributed by atoms with van der Waals surface area (Å²) in [4.78, 5) is 30.7. The van der Waals surface area contributed by atoms with Crippen molar-refractivity contribution in [1.82, 2.24) is 4.98 Å². The summed E-state index contributed by atoms with van der Waals surface area (Å²) in [6, 6.07) is 18.8. The molecule has 0 spiro atoms. The molecular formula is C22H20N4O4. The first-order valence-electron chi connectivity index (χ1n) is 9.36. The number of nitrogen functional groups attached to an aromatic ring is 1. The number of hydrogen-bond acceptors (Lipinski definition) is 6. The molecule has 4 rings (SSSR count).